The molecule has 0 saturated carbocycles. The van der Waals surface area contributed by atoms with Gasteiger partial charge in [0.1, 0.15) is 5.82 Å². The number of halogens is 2. The van der Waals surface area contributed by atoms with Gasteiger partial charge in [-0.25, -0.2) is 12.8 Å². The average molecular weight is 336 g/mol. The van der Waals surface area contributed by atoms with E-state index in [9.17, 15) is 12.8 Å². The van der Waals surface area contributed by atoms with E-state index in [1.165, 1.54) is 6.07 Å². The van der Waals surface area contributed by atoms with Crippen LogP contribution in [0.1, 0.15) is 24.4 Å². The summed E-state index contributed by atoms with van der Waals surface area (Å²) in [4.78, 5) is 0. The topological polar surface area (TPSA) is 60.2 Å². The predicted octanol–water partition coefficient (Wildman–Crippen LogP) is 2.41. The third kappa shape index (κ3) is 3.30. The van der Waals surface area contributed by atoms with E-state index in [1.807, 2.05) is 0 Å². The third-order valence-electron chi connectivity index (χ3n) is 3.27. The summed E-state index contributed by atoms with van der Waals surface area (Å²) in [5.74, 6) is 0.108. The van der Waals surface area contributed by atoms with Gasteiger partial charge in [-0.3, -0.25) is 0 Å². The minimum absolute atomic E-state index is 0.0448. The summed E-state index contributed by atoms with van der Waals surface area (Å²) in [6, 6.07) is 4.18. The first kappa shape index (κ1) is 14.0. The average Bonchev–Trinajstić information content (AvgIpc) is 2.61. The SMILES string of the molecule is NC(CC1CCS(=O)(=O)C1)c1cc(Br)ccc1F. The van der Waals surface area contributed by atoms with Crippen molar-refractivity contribution in [3.05, 3.63) is 34.1 Å². The van der Waals surface area contributed by atoms with Crippen LogP contribution in [0.3, 0.4) is 0 Å². The zero-order valence-electron chi connectivity index (χ0n) is 9.77. The summed E-state index contributed by atoms with van der Waals surface area (Å²) in [6.45, 7) is 0. The summed E-state index contributed by atoms with van der Waals surface area (Å²) >= 11 is 3.28. The zero-order valence-corrected chi connectivity index (χ0v) is 12.2. The third-order valence-corrected chi connectivity index (χ3v) is 5.60. The molecule has 3 nitrogen and oxygen atoms in total. The lowest BCUT2D eigenvalue weighted by molar-refractivity contribution is 0.466. The van der Waals surface area contributed by atoms with Crippen molar-refractivity contribution in [3.8, 4) is 0 Å². The van der Waals surface area contributed by atoms with Crippen LogP contribution in [0.15, 0.2) is 22.7 Å². The molecule has 1 aromatic carbocycles. The normalized spacial score (nSPS) is 24.1. The lowest BCUT2D eigenvalue weighted by Gasteiger charge is -2.16. The Hall–Kier alpha value is -0.460. The van der Waals surface area contributed by atoms with Crippen LogP contribution in [-0.2, 0) is 9.84 Å². The van der Waals surface area contributed by atoms with Crippen LogP contribution in [0.5, 0.6) is 0 Å². The van der Waals surface area contributed by atoms with Crippen LogP contribution in [0.2, 0.25) is 0 Å². The van der Waals surface area contributed by atoms with Crippen LogP contribution in [0, 0.1) is 11.7 Å². The molecule has 2 N–H and O–H groups in total. The van der Waals surface area contributed by atoms with Gasteiger partial charge in [0.15, 0.2) is 9.84 Å². The second kappa shape index (κ2) is 5.27. The summed E-state index contributed by atoms with van der Waals surface area (Å²) < 4.78 is 37.1. The Morgan fingerprint density at radius 1 is 1.50 bits per heavy atom. The number of benzene rings is 1. The van der Waals surface area contributed by atoms with Gasteiger partial charge in [0.2, 0.25) is 0 Å². The Kier molecular flexibility index (Phi) is 4.08. The van der Waals surface area contributed by atoms with E-state index >= 15 is 0 Å². The molecule has 0 spiro atoms. The van der Waals surface area contributed by atoms with Crippen molar-refractivity contribution >= 4 is 25.8 Å². The Bertz CT molecular complexity index is 547. The minimum atomic E-state index is -2.90. The highest BCUT2D eigenvalue weighted by molar-refractivity contribution is 9.10. The van der Waals surface area contributed by atoms with E-state index in [0.717, 1.165) is 4.47 Å². The van der Waals surface area contributed by atoms with Gasteiger partial charge in [-0.2, -0.15) is 0 Å². The van der Waals surface area contributed by atoms with Crippen molar-refractivity contribution in [1.29, 1.82) is 0 Å². The summed E-state index contributed by atoms with van der Waals surface area (Å²) in [6.07, 6.45) is 1.14. The largest absolute Gasteiger partial charge is 0.324 e. The molecule has 0 radical (unpaired) electrons. The molecule has 1 aliphatic rings. The van der Waals surface area contributed by atoms with E-state index in [1.54, 1.807) is 12.1 Å². The first-order valence-corrected chi connectivity index (χ1v) is 8.40. The molecule has 0 aromatic heterocycles. The zero-order chi connectivity index (χ0) is 13.3. The molecular weight excluding hydrogens is 321 g/mol. The van der Waals surface area contributed by atoms with Gasteiger partial charge in [-0.05, 0) is 37.0 Å². The fraction of sp³-hybridized carbons (Fsp3) is 0.500. The predicted molar refractivity (Wildman–Crippen MR) is 72.4 cm³/mol. The van der Waals surface area contributed by atoms with Gasteiger partial charge < -0.3 is 5.73 Å². The monoisotopic (exact) mass is 335 g/mol. The molecule has 1 aromatic rings. The lowest BCUT2D eigenvalue weighted by atomic mass is 9.95. The molecule has 2 unspecified atom stereocenters. The van der Waals surface area contributed by atoms with Crippen LogP contribution in [0.4, 0.5) is 4.39 Å². The van der Waals surface area contributed by atoms with Gasteiger partial charge in [0, 0.05) is 16.1 Å². The van der Waals surface area contributed by atoms with Crippen molar-refractivity contribution in [1.82, 2.24) is 0 Å². The summed E-state index contributed by atoms with van der Waals surface area (Å²) in [5.41, 5.74) is 6.42. The van der Waals surface area contributed by atoms with E-state index in [2.05, 4.69) is 15.9 Å². The van der Waals surface area contributed by atoms with Crippen molar-refractivity contribution in [3.63, 3.8) is 0 Å². The molecule has 1 aliphatic heterocycles. The first-order chi connectivity index (χ1) is 8.37. The number of nitrogens with two attached hydrogens (primary N) is 1. The molecule has 0 aliphatic carbocycles. The quantitative estimate of drug-likeness (QED) is 0.922. The van der Waals surface area contributed by atoms with Crippen molar-refractivity contribution in [2.75, 3.05) is 11.5 Å². The van der Waals surface area contributed by atoms with E-state index in [0.29, 0.717) is 18.4 Å². The van der Waals surface area contributed by atoms with Crippen LogP contribution < -0.4 is 5.73 Å². The highest BCUT2D eigenvalue weighted by atomic mass is 79.9. The van der Waals surface area contributed by atoms with E-state index < -0.39 is 15.9 Å². The molecular formula is C12H15BrFNO2S. The maximum atomic E-state index is 13.6. The van der Waals surface area contributed by atoms with Crippen LogP contribution >= 0.6 is 15.9 Å². The second-order valence-electron chi connectivity index (χ2n) is 4.78. The van der Waals surface area contributed by atoms with Crippen molar-refractivity contribution in [2.24, 2.45) is 11.7 Å². The molecule has 1 fully saturated rings. The maximum absolute atomic E-state index is 13.6. The van der Waals surface area contributed by atoms with E-state index in [4.69, 9.17) is 5.73 Å². The van der Waals surface area contributed by atoms with E-state index in [-0.39, 0.29) is 23.2 Å². The Morgan fingerprint density at radius 2 is 2.22 bits per heavy atom. The molecule has 2 rings (SSSR count). The van der Waals surface area contributed by atoms with Gasteiger partial charge in [0.25, 0.3) is 0 Å². The van der Waals surface area contributed by atoms with Crippen molar-refractivity contribution in [2.45, 2.75) is 18.9 Å². The lowest BCUT2D eigenvalue weighted by Crippen LogP contribution is -2.17. The number of sulfone groups is 1. The summed E-state index contributed by atoms with van der Waals surface area (Å²) in [5, 5.41) is 0. The molecule has 0 bridgehead atoms. The fourth-order valence-electron chi connectivity index (χ4n) is 2.34. The van der Waals surface area contributed by atoms with Gasteiger partial charge >= 0.3 is 0 Å². The highest BCUT2D eigenvalue weighted by Crippen LogP contribution is 2.29. The molecule has 0 amide bonds. The molecule has 1 heterocycles. The minimum Gasteiger partial charge on any atom is -0.324 e. The van der Waals surface area contributed by atoms with Gasteiger partial charge in [0.05, 0.1) is 11.5 Å². The van der Waals surface area contributed by atoms with Crippen LogP contribution in [-0.4, -0.2) is 19.9 Å². The molecule has 6 heteroatoms. The maximum Gasteiger partial charge on any atom is 0.150 e. The number of hydrogen-bond acceptors (Lipinski definition) is 3. The molecule has 2 atom stereocenters. The van der Waals surface area contributed by atoms with Crippen molar-refractivity contribution < 1.29 is 12.8 Å². The van der Waals surface area contributed by atoms with Gasteiger partial charge in [-0.1, -0.05) is 15.9 Å². The number of rotatable bonds is 3. The second-order valence-corrected chi connectivity index (χ2v) is 7.92. The Balaban J connectivity index is 2.08. The molecule has 18 heavy (non-hydrogen) atoms. The van der Waals surface area contributed by atoms with Crippen LogP contribution in [0.25, 0.3) is 0 Å². The Labute approximate surface area is 115 Å². The first-order valence-electron chi connectivity index (χ1n) is 5.78. The highest BCUT2D eigenvalue weighted by Gasteiger charge is 2.29. The molecule has 1 saturated heterocycles. The molecule has 100 valence electrons. The Morgan fingerprint density at radius 3 is 2.83 bits per heavy atom. The fourth-order valence-corrected chi connectivity index (χ4v) is 4.60. The number of hydrogen-bond donors (Lipinski definition) is 1. The summed E-state index contributed by atoms with van der Waals surface area (Å²) in [7, 11) is -2.90. The standard InChI is InChI=1S/C12H15BrFNO2S/c13-9-1-2-11(14)10(6-9)12(15)5-8-3-4-18(16,17)7-8/h1-2,6,8,12H,3-5,7,15H2. The van der Waals surface area contributed by atoms with Gasteiger partial charge in [-0.15, -0.1) is 0 Å². The smallest absolute Gasteiger partial charge is 0.150 e.